The molecule has 0 radical (unpaired) electrons. The molecular formula is C22H17N3O4S. The summed E-state index contributed by atoms with van der Waals surface area (Å²) in [5.41, 5.74) is 0.698. The lowest BCUT2D eigenvalue weighted by atomic mass is 10.2. The molecule has 4 aromatic rings. The molecule has 0 atom stereocenters. The van der Waals surface area contributed by atoms with E-state index in [-0.39, 0.29) is 12.2 Å². The Hall–Kier alpha value is -3.65. The van der Waals surface area contributed by atoms with E-state index in [1.54, 1.807) is 35.9 Å². The van der Waals surface area contributed by atoms with Gasteiger partial charge in [-0.05, 0) is 43.3 Å². The highest BCUT2D eigenvalue weighted by Gasteiger charge is 2.18. The molecule has 4 rings (SSSR count). The van der Waals surface area contributed by atoms with E-state index in [0.717, 1.165) is 20.2 Å². The molecular weight excluding hydrogens is 402 g/mol. The normalized spacial score (nSPS) is 10.8. The number of aromatic nitrogens is 3. The van der Waals surface area contributed by atoms with Crippen LogP contribution in [-0.4, -0.2) is 22.1 Å². The molecule has 1 aromatic carbocycles. The number of hydrogen-bond donors (Lipinski definition) is 0. The van der Waals surface area contributed by atoms with Gasteiger partial charge in [0.15, 0.2) is 12.4 Å². The van der Waals surface area contributed by atoms with E-state index < -0.39 is 11.4 Å². The van der Waals surface area contributed by atoms with Gasteiger partial charge in [0.2, 0.25) is 5.43 Å². The highest BCUT2D eigenvalue weighted by atomic mass is 32.2. The molecule has 0 aliphatic carbocycles. The average Bonchev–Trinajstić information content (AvgIpc) is 2.74. The first-order valence-electron chi connectivity index (χ1n) is 9.21. The van der Waals surface area contributed by atoms with Gasteiger partial charge in [0.05, 0.1) is 16.9 Å². The Balaban J connectivity index is 1.84. The molecule has 8 heteroatoms. The van der Waals surface area contributed by atoms with Crippen molar-refractivity contribution in [2.45, 2.75) is 16.7 Å². The summed E-state index contributed by atoms with van der Waals surface area (Å²) in [5.74, 6) is -0.670. The molecule has 0 saturated carbocycles. The van der Waals surface area contributed by atoms with Crippen molar-refractivity contribution in [1.82, 2.24) is 9.55 Å². The predicted molar refractivity (Wildman–Crippen MR) is 113 cm³/mol. The molecule has 0 fully saturated rings. The zero-order valence-electron chi connectivity index (χ0n) is 16.0. The van der Waals surface area contributed by atoms with Crippen molar-refractivity contribution >= 4 is 28.8 Å². The summed E-state index contributed by atoms with van der Waals surface area (Å²) in [6.45, 7) is 1.86. The Morgan fingerprint density at radius 1 is 1.20 bits per heavy atom. The van der Waals surface area contributed by atoms with E-state index in [2.05, 4.69) is 4.98 Å². The van der Waals surface area contributed by atoms with Crippen molar-refractivity contribution < 1.29 is 14.3 Å². The van der Waals surface area contributed by atoms with E-state index in [4.69, 9.17) is 4.74 Å². The van der Waals surface area contributed by atoms with Gasteiger partial charge in [-0.2, -0.15) is 4.73 Å². The fourth-order valence-electron chi connectivity index (χ4n) is 3.04. The van der Waals surface area contributed by atoms with Crippen LogP contribution in [0.3, 0.4) is 0 Å². The van der Waals surface area contributed by atoms with E-state index in [1.165, 1.54) is 30.4 Å². The number of hydrogen-bond acceptors (Lipinski definition) is 6. The zero-order valence-corrected chi connectivity index (χ0v) is 16.8. The van der Waals surface area contributed by atoms with Crippen LogP contribution in [0.25, 0.3) is 16.7 Å². The van der Waals surface area contributed by atoms with E-state index in [0.29, 0.717) is 11.0 Å². The SMILES string of the molecule is CCOC(=O)c1cn(-c2cccc(Sc3ccc[n+]([O-])c3)c2)c2ncccc2c1=O. The van der Waals surface area contributed by atoms with Crippen LogP contribution in [0.15, 0.2) is 87.9 Å². The summed E-state index contributed by atoms with van der Waals surface area (Å²) in [7, 11) is 0. The van der Waals surface area contributed by atoms with Crippen LogP contribution in [0.4, 0.5) is 0 Å². The van der Waals surface area contributed by atoms with Crippen LogP contribution < -0.4 is 10.2 Å². The molecule has 0 bridgehead atoms. The highest BCUT2D eigenvalue weighted by molar-refractivity contribution is 7.99. The third kappa shape index (κ3) is 3.90. The van der Waals surface area contributed by atoms with Crippen molar-refractivity contribution in [3.05, 3.63) is 94.3 Å². The molecule has 0 aliphatic heterocycles. The Kier molecular flexibility index (Phi) is 5.49. The van der Waals surface area contributed by atoms with Crippen LogP contribution >= 0.6 is 11.8 Å². The summed E-state index contributed by atoms with van der Waals surface area (Å²) in [5, 5.41) is 11.8. The number of carbonyl (C=O) groups excluding carboxylic acids is 1. The third-order valence-corrected chi connectivity index (χ3v) is 5.30. The fourth-order valence-corrected chi connectivity index (χ4v) is 3.94. The second kappa shape index (κ2) is 8.38. The van der Waals surface area contributed by atoms with E-state index >= 15 is 0 Å². The first kappa shape index (κ1) is 19.7. The molecule has 0 amide bonds. The van der Waals surface area contributed by atoms with E-state index in [1.807, 2.05) is 30.3 Å². The largest absolute Gasteiger partial charge is 0.619 e. The summed E-state index contributed by atoms with van der Waals surface area (Å²) in [4.78, 5) is 31.1. The minimum Gasteiger partial charge on any atom is -0.619 e. The van der Waals surface area contributed by atoms with Crippen LogP contribution in [-0.2, 0) is 4.74 Å². The molecule has 150 valence electrons. The monoisotopic (exact) mass is 419 g/mol. The quantitative estimate of drug-likeness (QED) is 0.280. The Morgan fingerprint density at radius 2 is 2.03 bits per heavy atom. The minimum atomic E-state index is -0.670. The van der Waals surface area contributed by atoms with Gasteiger partial charge in [0.25, 0.3) is 0 Å². The molecule has 0 N–H and O–H groups in total. The number of pyridine rings is 3. The zero-order chi connectivity index (χ0) is 21.1. The standard InChI is InChI=1S/C22H17N3O4S/c1-2-29-22(27)19-14-25(21-18(20(19)26)9-4-10-23-21)15-6-3-7-16(12-15)30-17-8-5-11-24(28)13-17/h3-14H,2H2,1H3. The smallest absolute Gasteiger partial charge is 0.343 e. The Bertz CT molecular complexity index is 1300. The van der Waals surface area contributed by atoms with Crippen LogP contribution in [0.2, 0.25) is 0 Å². The number of nitrogens with zero attached hydrogens (tertiary/aromatic N) is 3. The molecule has 3 heterocycles. The van der Waals surface area contributed by atoms with Crippen molar-refractivity contribution in [1.29, 1.82) is 0 Å². The number of esters is 1. The lowest BCUT2D eigenvalue weighted by molar-refractivity contribution is -0.607. The molecule has 7 nitrogen and oxygen atoms in total. The number of benzene rings is 1. The van der Waals surface area contributed by atoms with Crippen molar-refractivity contribution in [2.75, 3.05) is 6.61 Å². The second-order valence-corrected chi connectivity index (χ2v) is 7.48. The van der Waals surface area contributed by atoms with Gasteiger partial charge in [-0.15, -0.1) is 0 Å². The maximum atomic E-state index is 12.8. The first-order chi connectivity index (χ1) is 14.6. The van der Waals surface area contributed by atoms with Gasteiger partial charge in [0, 0.05) is 29.0 Å². The molecule has 3 aromatic heterocycles. The summed E-state index contributed by atoms with van der Waals surface area (Å²) in [6.07, 6.45) is 5.98. The number of rotatable bonds is 5. The van der Waals surface area contributed by atoms with Gasteiger partial charge in [-0.25, -0.2) is 9.78 Å². The predicted octanol–water partition coefficient (Wildman–Crippen LogP) is 3.35. The summed E-state index contributed by atoms with van der Waals surface area (Å²) >= 11 is 1.43. The van der Waals surface area contributed by atoms with Crippen LogP contribution in [0.1, 0.15) is 17.3 Å². The molecule has 0 aliphatic rings. The van der Waals surface area contributed by atoms with E-state index in [9.17, 15) is 14.8 Å². The molecule has 0 spiro atoms. The summed E-state index contributed by atoms with van der Waals surface area (Å²) in [6, 6.07) is 14.4. The molecule has 0 saturated heterocycles. The van der Waals surface area contributed by atoms with Crippen molar-refractivity contribution in [2.24, 2.45) is 0 Å². The molecule has 0 unspecified atom stereocenters. The fraction of sp³-hybridized carbons (Fsp3) is 0.0909. The van der Waals surface area contributed by atoms with Gasteiger partial charge >= 0.3 is 5.97 Å². The Labute approximate surface area is 176 Å². The second-order valence-electron chi connectivity index (χ2n) is 6.34. The average molecular weight is 419 g/mol. The minimum absolute atomic E-state index is 0.0501. The topological polar surface area (TPSA) is 88.1 Å². The van der Waals surface area contributed by atoms with Gasteiger partial charge < -0.3 is 14.5 Å². The lowest BCUT2D eigenvalue weighted by Crippen LogP contribution is -2.23. The number of fused-ring (bicyclic) bond motifs is 1. The number of ether oxygens (including phenoxy) is 1. The highest BCUT2D eigenvalue weighted by Crippen LogP contribution is 2.28. The summed E-state index contributed by atoms with van der Waals surface area (Å²) < 4.78 is 7.50. The van der Waals surface area contributed by atoms with Gasteiger partial charge in [-0.3, -0.25) is 4.79 Å². The van der Waals surface area contributed by atoms with Crippen LogP contribution in [0, 0.1) is 5.21 Å². The maximum absolute atomic E-state index is 12.8. The van der Waals surface area contributed by atoms with Gasteiger partial charge in [0.1, 0.15) is 11.2 Å². The molecule has 30 heavy (non-hydrogen) atoms. The maximum Gasteiger partial charge on any atom is 0.343 e. The Morgan fingerprint density at radius 3 is 2.83 bits per heavy atom. The van der Waals surface area contributed by atoms with Crippen LogP contribution in [0.5, 0.6) is 0 Å². The number of carbonyl (C=O) groups is 1. The van der Waals surface area contributed by atoms with Crippen molar-refractivity contribution in [3.8, 4) is 5.69 Å². The first-order valence-corrected chi connectivity index (χ1v) is 10.0. The third-order valence-electron chi connectivity index (χ3n) is 4.34. The van der Waals surface area contributed by atoms with Crippen molar-refractivity contribution in [3.63, 3.8) is 0 Å². The van der Waals surface area contributed by atoms with Gasteiger partial charge in [-0.1, -0.05) is 17.8 Å². The lowest BCUT2D eigenvalue weighted by Gasteiger charge is -2.13.